The summed E-state index contributed by atoms with van der Waals surface area (Å²) in [4.78, 5) is 31.7. The standard InChI is InChI=1S/C14H14O6/c1-3-9-17-14(16)19-12-7-5-11(6-8-12)13(15)20-18-10-4-2/h3-8H,1-2,9-10H2. The lowest BCUT2D eigenvalue weighted by Gasteiger charge is -2.05. The Morgan fingerprint density at radius 3 is 2.30 bits per heavy atom. The summed E-state index contributed by atoms with van der Waals surface area (Å²) in [6, 6.07) is 5.71. The lowest BCUT2D eigenvalue weighted by Crippen LogP contribution is -2.11. The maximum atomic E-state index is 11.5. The predicted molar refractivity (Wildman–Crippen MR) is 70.2 cm³/mol. The van der Waals surface area contributed by atoms with E-state index in [-0.39, 0.29) is 24.5 Å². The zero-order chi connectivity index (χ0) is 14.8. The molecule has 1 aromatic rings. The molecule has 0 radical (unpaired) electrons. The third-order valence-corrected chi connectivity index (χ3v) is 1.93. The van der Waals surface area contributed by atoms with Gasteiger partial charge in [-0.1, -0.05) is 18.7 Å². The molecule has 0 aliphatic rings. The summed E-state index contributed by atoms with van der Waals surface area (Å²) in [7, 11) is 0. The molecule has 0 amide bonds. The maximum absolute atomic E-state index is 11.5. The van der Waals surface area contributed by atoms with Crippen LogP contribution in [-0.4, -0.2) is 25.3 Å². The van der Waals surface area contributed by atoms with E-state index in [4.69, 9.17) is 4.74 Å². The van der Waals surface area contributed by atoms with Crippen molar-refractivity contribution in [2.45, 2.75) is 0 Å². The van der Waals surface area contributed by atoms with E-state index < -0.39 is 12.1 Å². The van der Waals surface area contributed by atoms with Crippen LogP contribution >= 0.6 is 0 Å². The molecule has 0 heterocycles. The average Bonchev–Trinajstić information content (AvgIpc) is 2.46. The Morgan fingerprint density at radius 1 is 1.05 bits per heavy atom. The Bertz CT molecular complexity index is 477. The monoisotopic (exact) mass is 278 g/mol. The van der Waals surface area contributed by atoms with Crippen LogP contribution in [0.4, 0.5) is 4.79 Å². The normalized spacial score (nSPS) is 9.40. The molecule has 0 fully saturated rings. The third kappa shape index (κ3) is 5.36. The van der Waals surface area contributed by atoms with Gasteiger partial charge >= 0.3 is 12.1 Å². The van der Waals surface area contributed by atoms with Crippen LogP contribution in [0.3, 0.4) is 0 Å². The van der Waals surface area contributed by atoms with Gasteiger partial charge in [-0.05, 0) is 24.3 Å². The van der Waals surface area contributed by atoms with Crippen LogP contribution in [0.15, 0.2) is 49.6 Å². The van der Waals surface area contributed by atoms with Gasteiger partial charge in [0.25, 0.3) is 0 Å². The summed E-state index contributed by atoms with van der Waals surface area (Å²) in [6.07, 6.45) is 2.01. The molecular formula is C14H14O6. The second kappa shape index (κ2) is 8.49. The summed E-state index contributed by atoms with van der Waals surface area (Å²) >= 11 is 0. The molecule has 20 heavy (non-hydrogen) atoms. The van der Waals surface area contributed by atoms with E-state index in [0.29, 0.717) is 0 Å². The minimum Gasteiger partial charge on any atom is -0.430 e. The lowest BCUT2D eigenvalue weighted by molar-refractivity contribution is -0.231. The molecule has 106 valence electrons. The van der Waals surface area contributed by atoms with Gasteiger partial charge in [0.1, 0.15) is 19.0 Å². The molecule has 0 spiro atoms. The summed E-state index contributed by atoms with van der Waals surface area (Å²) in [6.45, 7) is 6.97. The SMILES string of the molecule is C=CCOOC(=O)c1ccc(OC(=O)OCC=C)cc1. The van der Waals surface area contributed by atoms with Crippen molar-refractivity contribution in [3.8, 4) is 5.75 Å². The third-order valence-electron chi connectivity index (χ3n) is 1.93. The van der Waals surface area contributed by atoms with Gasteiger partial charge in [-0.3, -0.25) is 4.89 Å². The number of hydrogen-bond acceptors (Lipinski definition) is 6. The Morgan fingerprint density at radius 2 is 1.70 bits per heavy atom. The molecule has 0 aliphatic heterocycles. The van der Waals surface area contributed by atoms with Crippen LogP contribution in [0.2, 0.25) is 0 Å². The van der Waals surface area contributed by atoms with Gasteiger partial charge in [0.05, 0.1) is 5.56 Å². The van der Waals surface area contributed by atoms with Crippen molar-refractivity contribution in [2.24, 2.45) is 0 Å². The first-order valence-corrected chi connectivity index (χ1v) is 5.67. The van der Waals surface area contributed by atoms with E-state index in [1.807, 2.05) is 0 Å². The van der Waals surface area contributed by atoms with E-state index in [0.717, 1.165) is 0 Å². The zero-order valence-electron chi connectivity index (χ0n) is 10.7. The lowest BCUT2D eigenvalue weighted by atomic mass is 10.2. The van der Waals surface area contributed by atoms with Crippen molar-refractivity contribution in [3.05, 3.63) is 55.1 Å². The highest BCUT2D eigenvalue weighted by Crippen LogP contribution is 2.13. The van der Waals surface area contributed by atoms with E-state index in [1.54, 1.807) is 0 Å². The topological polar surface area (TPSA) is 71.1 Å². The molecule has 1 rings (SSSR count). The van der Waals surface area contributed by atoms with Crippen molar-refractivity contribution in [2.75, 3.05) is 13.2 Å². The molecule has 0 aromatic heterocycles. The fourth-order valence-electron chi connectivity index (χ4n) is 1.10. The van der Waals surface area contributed by atoms with E-state index in [1.165, 1.54) is 36.4 Å². The van der Waals surface area contributed by atoms with Gasteiger partial charge in [-0.2, -0.15) is 4.89 Å². The Balaban J connectivity index is 2.51. The number of carbonyl (C=O) groups is 2. The molecular weight excluding hydrogens is 264 g/mol. The molecule has 6 heteroatoms. The van der Waals surface area contributed by atoms with Crippen LogP contribution in [0.25, 0.3) is 0 Å². The number of ether oxygens (including phenoxy) is 2. The Labute approximate surface area is 116 Å². The van der Waals surface area contributed by atoms with Gasteiger partial charge in [0, 0.05) is 0 Å². The van der Waals surface area contributed by atoms with Crippen LogP contribution < -0.4 is 4.74 Å². The summed E-state index contributed by atoms with van der Waals surface area (Å²) in [5, 5.41) is 0. The number of hydrogen-bond donors (Lipinski definition) is 0. The summed E-state index contributed by atoms with van der Waals surface area (Å²) in [5.74, 6) is -0.421. The molecule has 0 saturated heterocycles. The highest BCUT2D eigenvalue weighted by Gasteiger charge is 2.10. The Kier molecular flexibility index (Phi) is 6.56. The van der Waals surface area contributed by atoms with E-state index in [9.17, 15) is 9.59 Å². The highest BCUT2D eigenvalue weighted by atomic mass is 17.2. The number of benzene rings is 1. The van der Waals surface area contributed by atoms with Gasteiger partial charge in [0.15, 0.2) is 0 Å². The van der Waals surface area contributed by atoms with Gasteiger partial charge in [-0.25, -0.2) is 9.59 Å². The van der Waals surface area contributed by atoms with Gasteiger partial charge in [-0.15, -0.1) is 6.58 Å². The largest absolute Gasteiger partial charge is 0.514 e. The zero-order valence-corrected chi connectivity index (χ0v) is 10.7. The maximum Gasteiger partial charge on any atom is 0.514 e. The second-order valence-electron chi connectivity index (χ2n) is 3.42. The van der Waals surface area contributed by atoms with Crippen molar-refractivity contribution < 1.29 is 28.8 Å². The molecule has 0 bridgehead atoms. The first-order valence-electron chi connectivity index (χ1n) is 5.67. The highest BCUT2D eigenvalue weighted by molar-refractivity contribution is 5.89. The molecule has 6 nitrogen and oxygen atoms in total. The fourth-order valence-corrected chi connectivity index (χ4v) is 1.10. The fraction of sp³-hybridized carbons (Fsp3) is 0.143. The predicted octanol–water partition coefficient (Wildman–Crippen LogP) is 2.66. The first-order chi connectivity index (χ1) is 9.67. The van der Waals surface area contributed by atoms with E-state index in [2.05, 4.69) is 27.7 Å². The molecule has 0 aliphatic carbocycles. The number of rotatable bonds is 7. The number of carbonyl (C=O) groups excluding carboxylic acids is 2. The molecule has 1 aromatic carbocycles. The average molecular weight is 278 g/mol. The van der Waals surface area contributed by atoms with Crippen LogP contribution in [0, 0.1) is 0 Å². The van der Waals surface area contributed by atoms with E-state index >= 15 is 0 Å². The van der Waals surface area contributed by atoms with Gasteiger partial charge < -0.3 is 9.47 Å². The van der Waals surface area contributed by atoms with Crippen molar-refractivity contribution in [1.82, 2.24) is 0 Å². The first kappa shape index (κ1) is 15.5. The smallest absolute Gasteiger partial charge is 0.430 e. The molecule has 0 saturated carbocycles. The molecule has 0 unspecified atom stereocenters. The second-order valence-corrected chi connectivity index (χ2v) is 3.42. The van der Waals surface area contributed by atoms with Crippen molar-refractivity contribution in [1.29, 1.82) is 0 Å². The van der Waals surface area contributed by atoms with Crippen LogP contribution in [-0.2, 0) is 14.5 Å². The summed E-state index contributed by atoms with van der Waals surface area (Å²) < 4.78 is 9.48. The molecule has 0 N–H and O–H groups in total. The quantitative estimate of drug-likeness (QED) is 0.191. The van der Waals surface area contributed by atoms with Crippen LogP contribution in [0.1, 0.15) is 10.4 Å². The van der Waals surface area contributed by atoms with Crippen LogP contribution in [0.5, 0.6) is 5.75 Å². The summed E-state index contributed by atoms with van der Waals surface area (Å²) in [5.41, 5.74) is 0.251. The minimum absolute atomic E-state index is 0.0594. The van der Waals surface area contributed by atoms with Crippen molar-refractivity contribution in [3.63, 3.8) is 0 Å². The minimum atomic E-state index is -0.852. The van der Waals surface area contributed by atoms with Gasteiger partial charge in [0.2, 0.25) is 0 Å². The van der Waals surface area contributed by atoms with Crippen molar-refractivity contribution >= 4 is 12.1 Å². The molecule has 0 atom stereocenters. The Hall–Kier alpha value is -2.60.